The summed E-state index contributed by atoms with van der Waals surface area (Å²) in [5, 5.41) is 0. The molecule has 1 N–H and O–H groups in total. The van der Waals surface area contributed by atoms with E-state index in [1.165, 1.54) is 16.7 Å². The lowest BCUT2D eigenvalue weighted by atomic mass is 9.81. The number of imidazole rings is 1. The molecule has 0 bridgehead atoms. The summed E-state index contributed by atoms with van der Waals surface area (Å²) < 4.78 is 16.4. The molecule has 1 unspecified atom stereocenters. The summed E-state index contributed by atoms with van der Waals surface area (Å²) in [6, 6.07) is 6.11. The Kier molecular flexibility index (Phi) is 2.82. The van der Waals surface area contributed by atoms with Gasteiger partial charge in [0.2, 0.25) is 6.79 Å². The highest BCUT2D eigenvalue weighted by molar-refractivity contribution is 5.56. The van der Waals surface area contributed by atoms with Crippen LogP contribution in [0, 0.1) is 0 Å². The third-order valence-corrected chi connectivity index (χ3v) is 4.67. The number of hydrogen-bond donors (Lipinski definition) is 1. The van der Waals surface area contributed by atoms with E-state index in [0.29, 0.717) is 13.4 Å². The van der Waals surface area contributed by atoms with Crippen LogP contribution >= 0.6 is 0 Å². The zero-order valence-corrected chi connectivity index (χ0v) is 13.0. The van der Waals surface area contributed by atoms with E-state index in [1.807, 2.05) is 18.3 Å². The number of nitrogens with zero attached hydrogens (tertiary/aromatic N) is 1. The molecule has 2 aromatic rings. The fourth-order valence-corrected chi connectivity index (χ4v) is 3.58. The number of nitrogens with one attached hydrogen (secondary N) is 1. The lowest BCUT2D eigenvalue weighted by molar-refractivity contribution is 0.174. The van der Waals surface area contributed by atoms with E-state index in [-0.39, 0.29) is 5.41 Å². The highest BCUT2D eigenvalue weighted by Gasteiger charge is 2.37. The number of aromatic amines is 1. The monoisotopic (exact) mass is 320 g/mol. The van der Waals surface area contributed by atoms with E-state index < -0.39 is 0 Å². The number of benzene rings is 1. The SMILES string of the molecule is C1=CC2=CC(Cc3ccc4c(c3)OCO4)(c3ncc[nH]3)C=C2CO1. The van der Waals surface area contributed by atoms with Crippen molar-refractivity contribution < 1.29 is 14.2 Å². The van der Waals surface area contributed by atoms with Gasteiger partial charge in [0, 0.05) is 12.4 Å². The van der Waals surface area contributed by atoms with Gasteiger partial charge in [-0.1, -0.05) is 18.2 Å². The molecule has 3 heterocycles. The Hall–Kier alpha value is -2.95. The van der Waals surface area contributed by atoms with Crippen LogP contribution in [0.15, 0.2) is 66.2 Å². The highest BCUT2D eigenvalue weighted by Crippen LogP contribution is 2.42. The second kappa shape index (κ2) is 5.03. The first kappa shape index (κ1) is 13.5. The molecule has 5 nitrogen and oxygen atoms in total. The molecule has 3 aliphatic rings. The summed E-state index contributed by atoms with van der Waals surface area (Å²) in [5.74, 6) is 2.54. The van der Waals surface area contributed by atoms with Gasteiger partial charge in [-0.3, -0.25) is 0 Å². The molecule has 0 fully saturated rings. The third kappa shape index (κ3) is 2.05. The molecule has 5 rings (SSSR count). The molecule has 5 heteroatoms. The van der Waals surface area contributed by atoms with E-state index in [1.54, 1.807) is 12.5 Å². The third-order valence-electron chi connectivity index (χ3n) is 4.67. The average molecular weight is 320 g/mol. The first-order chi connectivity index (χ1) is 11.8. The van der Waals surface area contributed by atoms with Crippen LogP contribution in [0.2, 0.25) is 0 Å². The lowest BCUT2D eigenvalue weighted by Gasteiger charge is -2.23. The van der Waals surface area contributed by atoms with Crippen LogP contribution in [0.4, 0.5) is 0 Å². The summed E-state index contributed by atoms with van der Waals surface area (Å²) in [7, 11) is 0. The molecule has 1 aliphatic carbocycles. The molecule has 0 saturated carbocycles. The van der Waals surface area contributed by atoms with Crippen molar-refractivity contribution in [1.29, 1.82) is 0 Å². The average Bonchev–Trinajstić information content (AvgIpc) is 3.33. The molecule has 0 amide bonds. The van der Waals surface area contributed by atoms with E-state index in [2.05, 4.69) is 34.3 Å². The van der Waals surface area contributed by atoms with Crippen LogP contribution in [0.5, 0.6) is 11.5 Å². The summed E-state index contributed by atoms with van der Waals surface area (Å²) in [4.78, 5) is 7.81. The Labute approximate surface area is 139 Å². The molecule has 120 valence electrons. The van der Waals surface area contributed by atoms with Crippen molar-refractivity contribution in [2.24, 2.45) is 0 Å². The maximum Gasteiger partial charge on any atom is 0.231 e. The quantitative estimate of drug-likeness (QED) is 0.944. The van der Waals surface area contributed by atoms with Crippen LogP contribution in [0.1, 0.15) is 11.4 Å². The topological polar surface area (TPSA) is 56.4 Å². The van der Waals surface area contributed by atoms with E-state index in [0.717, 1.165) is 23.7 Å². The largest absolute Gasteiger partial charge is 0.496 e. The Balaban J connectivity index is 1.58. The van der Waals surface area contributed by atoms with Gasteiger partial charge in [0.1, 0.15) is 12.4 Å². The summed E-state index contributed by atoms with van der Waals surface area (Å²) in [6.07, 6.45) is 12.7. The smallest absolute Gasteiger partial charge is 0.231 e. The normalized spacial score (nSPS) is 23.5. The fraction of sp³-hybridized carbons (Fsp3) is 0.211. The van der Waals surface area contributed by atoms with E-state index >= 15 is 0 Å². The highest BCUT2D eigenvalue weighted by atomic mass is 16.7. The Bertz CT molecular complexity index is 880. The lowest BCUT2D eigenvalue weighted by Crippen LogP contribution is -2.24. The predicted octanol–water partition coefficient (Wildman–Crippen LogP) is 3.03. The van der Waals surface area contributed by atoms with Crippen molar-refractivity contribution in [3.8, 4) is 11.5 Å². The second-order valence-electron chi connectivity index (χ2n) is 6.23. The molecule has 0 spiro atoms. The molecule has 24 heavy (non-hydrogen) atoms. The van der Waals surface area contributed by atoms with Crippen LogP contribution in [0.25, 0.3) is 0 Å². The van der Waals surface area contributed by atoms with Crippen molar-refractivity contribution in [2.45, 2.75) is 11.8 Å². The molecule has 1 aromatic carbocycles. The summed E-state index contributed by atoms with van der Waals surface area (Å²) in [6.45, 7) is 0.893. The molecule has 0 radical (unpaired) electrons. The van der Waals surface area contributed by atoms with Gasteiger partial charge in [0.15, 0.2) is 11.5 Å². The van der Waals surface area contributed by atoms with Crippen molar-refractivity contribution in [1.82, 2.24) is 9.97 Å². The summed E-state index contributed by atoms with van der Waals surface area (Å²) in [5.41, 5.74) is 3.28. The predicted molar refractivity (Wildman–Crippen MR) is 87.8 cm³/mol. The van der Waals surface area contributed by atoms with Gasteiger partial charge in [-0.05, 0) is 41.3 Å². The number of rotatable bonds is 3. The number of fused-ring (bicyclic) bond motifs is 2. The van der Waals surface area contributed by atoms with Gasteiger partial charge in [-0.15, -0.1) is 0 Å². The number of allylic oxidation sites excluding steroid dienone is 3. The number of aromatic nitrogens is 2. The minimum atomic E-state index is -0.306. The van der Waals surface area contributed by atoms with Gasteiger partial charge >= 0.3 is 0 Å². The van der Waals surface area contributed by atoms with Crippen LogP contribution in [-0.4, -0.2) is 23.4 Å². The van der Waals surface area contributed by atoms with E-state index in [9.17, 15) is 0 Å². The van der Waals surface area contributed by atoms with E-state index in [4.69, 9.17) is 14.2 Å². The zero-order valence-electron chi connectivity index (χ0n) is 13.0. The molecular weight excluding hydrogens is 304 g/mol. The van der Waals surface area contributed by atoms with Gasteiger partial charge in [-0.2, -0.15) is 0 Å². The number of ether oxygens (including phenoxy) is 3. The minimum absolute atomic E-state index is 0.290. The standard InChI is InChI=1S/C19H16N2O3/c1-2-16-17(24-12-23-16)7-13(1)8-19(18-20-4-5-21-18)9-14-3-6-22-11-15(14)10-19/h1-7,9-10H,8,11-12H2,(H,20,21). The van der Waals surface area contributed by atoms with Gasteiger partial charge in [0.05, 0.1) is 11.7 Å². The van der Waals surface area contributed by atoms with Crippen molar-refractivity contribution >= 4 is 0 Å². The minimum Gasteiger partial charge on any atom is -0.496 e. The van der Waals surface area contributed by atoms with Gasteiger partial charge in [-0.25, -0.2) is 4.98 Å². The number of H-pyrrole nitrogens is 1. The van der Waals surface area contributed by atoms with Crippen molar-refractivity contribution in [3.05, 3.63) is 77.6 Å². The molecular formula is C19H16N2O3. The Morgan fingerprint density at radius 3 is 3.00 bits per heavy atom. The molecule has 2 aliphatic heterocycles. The summed E-state index contributed by atoms with van der Waals surface area (Å²) >= 11 is 0. The first-order valence-electron chi connectivity index (χ1n) is 7.94. The van der Waals surface area contributed by atoms with Crippen molar-refractivity contribution in [2.75, 3.05) is 13.4 Å². The van der Waals surface area contributed by atoms with Crippen molar-refractivity contribution in [3.63, 3.8) is 0 Å². The van der Waals surface area contributed by atoms with Crippen LogP contribution < -0.4 is 9.47 Å². The zero-order chi connectivity index (χ0) is 16.0. The van der Waals surface area contributed by atoms with Crippen LogP contribution in [-0.2, 0) is 16.6 Å². The van der Waals surface area contributed by atoms with Crippen LogP contribution in [0.3, 0.4) is 0 Å². The first-order valence-corrected chi connectivity index (χ1v) is 7.94. The Morgan fingerprint density at radius 1 is 1.17 bits per heavy atom. The maximum atomic E-state index is 5.51. The van der Waals surface area contributed by atoms with Gasteiger partial charge in [0.25, 0.3) is 0 Å². The maximum absolute atomic E-state index is 5.51. The van der Waals surface area contributed by atoms with Gasteiger partial charge < -0.3 is 19.2 Å². The second-order valence-corrected chi connectivity index (χ2v) is 6.23. The Morgan fingerprint density at radius 2 is 2.12 bits per heavy atom. The number of hydrogen-bond acceptors (Lipinski definition) is 4. The molecule has 0 saturated heterocycles. The molecule has 1 aromatic heterocycles. The fourth-order valence-electron chi connectivity index (χ4n) is 3.58. The molecule has 1 atom stereocenters.